The third kappa shape index (κ3) is 4.34. The van der Waals surface area contributed by atoms with Crippen molar-refractivity contribution in [3.63, 3.8) is 0 Å². The number of aryl methyl sites for hydroxylation is 3. The average Bonchev–Trinajstić information content (AvgIpc) is 3.34. The molecule has 0 N–H and O–H groups in total. The Kier molecular flexibility index (Phi) is 4.17. The summed E-state index contributed by atoms with van der Waals surface area (Å²) in [6, 6.07) is 7.23. The second-order valence-corrected chi connectivity index (χ2v) is 8.59. The second kappa shape index (κ2) is 5.78. The Morgan fingerprint density at radius 1 is 0.857 bits per heavy atom. The maximum absolute atomic E-state index is 2.45. The van der Waals surface area contributed by atoms with Gasteiger partial charge in [0.25, 0.3) is 0 Å². The van der Waals surface area contributed by atoms with Crippen LogP contribution in [0.15, 0.2) is 18.2 Å². The first-order chi connectivity index (χ1) is 9.98. The van der Waals surface area contributed by atoms with Gasteiger partial charge < -0.3 is 0 Å². The van der Waals surface area contributed by atoms with Gasteiger partial charge in [0.05, 0.1) is 0 Å². The van der Waals surface area contributed by atoms with Crippen LogP contribution in [0.2, 0.25) is 0 Å². The molecule has 1 aromatic carbocycles. The van der Waals surface area contributed by atoms with Crippen molar-refractivity contribution < 1.29 is 0 Å². The van der Waals surface area contributed by atoms with E-state index in [9.17, 15) is 0 Å². The van der Waals surface area contributed by atoms with E-state index in [2.05, 4.69) is 39.0 Å². The van der Waals surface area contributed by atoms with Crippen molar-refractivity contribution in [3.05, 3.63) is 34.9 Å². The fourth-order valence-corrected chi connectivity index (χ4v) is 3.55. The van der Waals surface area contributed by atoms with Crippen LogP contribution in [0.5, 0.6) is 0 Å². The van der Waals surface area contributed by atoms with E-state index in [1.165, 1.54) is 69.8 Å². The summed E-state index contributed by atoms with van der Waals surface area (Å²) in [6.07, 6.45) is 14.0. The van der Waals surface area contributed by atoms with Gasteiger partial charge in [0.1, 0.15) is 0 Å². The van der Waals surface area contributed by atoms with Crippen molar-refractivity contribution in [2.75, 3.05) is 0 Å². The van der Waals surface area contributed by atoms with E-state index in [1.54, 1.807) is 11.1 Å². The Labute approximate surface area is 131 Å². The van der Waals surface area contributed by atoms with Gasteiger partial charge >= 0.3 is 0 Å². The van der Waals surface area contributed by atoms with Crippen LogP contribution >= 0.6 is 0 Å². The van der Waals surface area contributed by atoms with Gasteiger partial charge in [-0.3, -0.25) is 0 Å². The number of hydrogen-bond donors (Lipinski definition) is 0. The standard InChI is InChI=1S/C21H32/c1-17-16-18(6-4-10-20(2)12-13-20)8-9-19(17)7-5-11-21(3)14-15-21/h8-9,16H,4-7,10-15H2,1-3H3. The summed E-state index contributed by atoms with van der Waals surface area (Å²) in [4.78, 5) is 0. The van der Waals surface area contributed by atoms with E-state index in [1.807, 2.05) is 0 Å². The van der Waals surface area contributed by atoms with Gasteiger partial charge in [0.15, 0.2) is 0 Å². The highest BCUT2D eigenvalue weighted by atomic mass is 14.4. The van der Waals surface area contributed by atoms with E-state index >= 15 is 0 Å². The zero-order valence-corrected chi connectivity index (χ0v) is 14.3. The summed E-state index contributed by atoms with van der Waals surface area (Å²) in [7, 11) is 0. The maximum Gasteiger partial charge on any atom is -0.0276 e. The fourth-order valence-electron chi connectivity index (χ4n) is 3.55. The van der Waals surface area contributed by atoms with Crippen molar-refractivity contribution in [3.8, 4) is 0 Å². The van der Waals surface area contributed by atoms with Crippen molar-refractivity contribution >= 4 is 0 Å². The van der Waals surface area contributed by atoms with E-state index in [4.69, 9.17) is 0 Å². The molecule has 0 nitrogen and oxygen atoms in total. The molecule has 0 aliphatic heterocycles. The lowest BCUT2D eigenvalue weighted by Crippen LogP contribution is -1.98. The summed E-state index contributed by atoms with van der Waals surface area (Å²) < 4.78 is 0. The summed E-state index contributed by atoms with van der Waals surface area (Å²) in [5.41, 5.74) is 6.08. The molecule has 0 aromatic heterocycles. The van der Waals surface area contributed by atoms with E-state index in [0.29, 0.717) is 10.8 Å². The van der Waals surface area contributed by atoms with Gasteiger partial charge in [-0.05, 0) is 98.7 Å². The molecule has 116 valence electrons. The minimum atomic E-state index is 0.715. The molecule has 0 atom stereocenters. The first kappa shape index (κ1) is 15.1. The van der Waals surface area contributed by atoms with E-state index in [-0.39, 0.29) is 0 Å². The minimum Gasteiger partial charge on any atom is -0.0596 e. The van der Waals surface area contributed by atoms with Crippen molar-refractivity contribution in [1.29, 1.82) is 0 Å². The summed E-state index contributed by atoms with van der Waals surface area (Å²) in [5, 5.41) is 0. The Morgan fingerprint density at radius 3 is 1.95 bits per heavy atom. The Bertz CT molecular complexity index is 489. The fraction of sp³-hybridized carbons (Fsp3) is 0.714. The lowest BCUT2D eigenvalue weighted by molar-refractivity contribution is 0.493. The highest BCUT2D eigenvalue weighted by Crippen LogP contribution is 2.49. The zero-order chi connectivity index (χ0) is 14.9. The maximum atomic E-state index is 2.45. The largest absolute Gasteiger partial charge is 0.0596 e. The molecule has 2 saturated carbocycles. The van der Waals surface area contributed by atoms with Crippen LogP contribution in [-0.4, -0.2) is 0 Å². The molecule has 0 spiro atoms. The summed E-state index contributed by atoms with van der Waals surface area (Å²) in [5.74, 6) is 0. The SMILES string of the molecule is Cc1cc(CCCC2(C)CC2)ccc1CCCC1(C)CC1. The van der Waals surface area contributed by atoms with Gasteiger partial charge in [0.2, 0.25) is 0 Å². The van der Waals surface area contributed by atoms with Crippen LogP contribution in [0.3, 0.4) is 0 Å². The third-order valence-corrected chi connectivity index (χ3v) is 6.09. The quantitative estimate of drug-likeness (QED) is 0.530. The molecule has 3 rings (SSSR count). The van der Waals surface area contributed by atoms with Crippen LogP contribution in [0.25, 0.3) is 0 Å². The number of benzene rings is 1. The monoisotopic (exact) mass is 284 g/mol. The molecule has 21 heavy (non-hydrogen) atoms. The van der Waals surface area contributed by atoms with Gasteiger partial charge in [-0.15, -0.1) is 0 Å². The molecule has 0 unspecified atom stereocenters. The first-order valence-electron chi connectivity index (χ1n) is 9.07. The molecular weight excluding hydrogens is 252 g/mol. The van der Waals surface area contributed by atoms with E-state index < -0.39 is 0 Å². The molecule has 2 aliphatic carbocycles. The summed E-state index contributed by atoms with van der Waals surface area (Å²) in [6.45, 7) is 7.20. The normalized spacial score (nSPS) is 21.3. The van der Waals surface area contributed by atoms with Gasteiger partial charge in [-0.1, -0.05) is 32.0 Å². The van der Waals surface area contributed by atoms with Gasteiger partial charge in [-0.2, -0.15) is 0 Å². The molecule has 2 fully saturated rings. The molecule has 0 heterocycles. The smallest absolute Gasteiger partial charge is 0.0276 e. The predicted molar refractivity (Wildman–Crippen MR) is 91.7 cm³/mol. The third-order valence-electron chi connectivity index (χ3n) is 6.09. The average molecular weight is 284 g/mol. The van der Waals surface area contributed by atoms with Crippen LogP contribution < -0.4 is 0 Å². The molecule has 0 radical (unpaired) electrons. The van der Waals surface area contributed by atoms with Crippen molar-refractivity contribution in [2.45, 2.75) is 85.0 Å². The van der Waals surface area contributed by atoms with Gasteiger partial charge in [-0.25, -0.2) is 0 Å². The zero-order valence-electron chi connectivity index (χ0n) is 14.3. The molecule has 0 heteroatoms. The Balaban J connectivity index is 1.45. The first-order valence-corrected chi connectivity index (χ1v) is 9.07. The number of rotatable bonds is 8. The lowest BCUT2D eigenvalue weighted by atomic mass is 9.94. The Hall–Kier alpha value is -0.780. The van der Waals surface area contributed by atoms with Crippen LogP contribution in [0.1, 0.15) is 81.9 Å². The minimum absolute atomic E-state index is 0.715. The molecule has 0 amide bonds. The molecule has 0 bridgehead atoms. The van der Waals surface area contributed by atoms with Crippen molar-refractivity contribution in [1.82, 2.24) is 0 Å². The predicted octanol–water partition coefficient (Wildman–Crippen LogP) is 6.24. The molecule has 0 saturated heterocycles. The molecular formula is C21H32. The van der Waals surface area contributed by atoms with E-state index in [0.717, 1.165) is 0 Å². The van der Waals surface area contributed by atoms with Crippen LogP contribution in [0.4, 0.5) is 0 Å². The van der Waals surface area contributed by atoms with Crippen LogP contribution in [-0.2, 0) is 12.8 Å². The lowest BCUT2D eigenvalue weighted by Gasteiger charge is -2.12. The summed E-state index contributed by atoms with van der Waals surface area (Å²) >= 11 is 0. The highest BCUT2D eigenvalue weighted by Gasteiger charge is 2.36. The second-order valence-electron chi connectivity index (χ2n) is 8.59. The van der Waals surface area contributed by atoms with Gasteiger partial charge in [0, 0.05) is 0 Å². The van der Waals surface area contributed by atoms with Crippen molar-refractivity contribution in [2.24, 2.45) is 10.8 Å². The molecule has 1 aromatic rings. The van der Waals surface area contributed by atoms with Crippen LogP contribution in [0, 0.1) is 17.8 Å². The number of hydrogen-bond acceptors (Lipinski definition) is 0. The highest BCUT2D eigenvalue weighted by molar-refractivity contribution is 5.31. The topological polar surface area (TPSA) is 0 Å². The Morgan fingerprint density at radius 2 is 1.43 bits per heavy atom. The molecule has 2 aliphatic rings.